The van der Waals surface area contributed by atoms with Crippen molar-refractivity contribution in [2.75, 3.05) is 44.3 Å². The molecule has 2 heterocycles. The van der Waals surface area contributed by atoms with Gasteiger partial charge in [-0.25, -0.2) is 9.97 Å². The van der Waals surface area contributed by atoms with Crippen molar-refractivity contribution in [1.82, 2.24) is 14.9 Å². The molecule has 0 bridgehead atoms. The second-order valence-electron chi connectivity index (χ2n) is 4.76. The zero-order chi connectivity index (χ0) is 16.2. The van der Waals surface area contributed by atoms with Gasteiger partial charge in [-0.15, -0.1) is 0 Å². The minimum atomic E-state index is -4.49. The van der Waals surface area contributed by atoms with E-state index in [1.165, 1.54) is 0 Å². The Balaban J connectivity index is 1.96. The van der Waals surface area contributed by atoms with Gasteiger partial charge in [0, 0.05) is 38.9 Å². The fraction of sp³-hybridized carbons (Fsp3) is 0.615. The molecule has 0 atom stereocenters. The Morgan fingerprint density at radius 1 is 1.27 bits per heavy atom. The molecule has 0 spiro atoms. The Hall–Kier alpha value is -1.90. The first kappa shape index (κ1) is 16.5. The first-order chi connectivity index (χ1) is 10.4. The molecule has 0 radical (unpaired) electrons. The van der Waals surface area contributed by atoms with E-state index in [1.54, 1.807) is 16.7 Å². The van der Waals surface area contributed by atoms with Crippen LogP contribution in [0.1, 0.15) is 12.6 Å². The summed E-state index contributed by atoms with van der Waals surface area (Å²) >= 11 is 0. The molecule has 0 saturated carbocycles. The van der Waals surface area contributed by atoms with Gasteiger partial charge in [0.05, 0.1) is 0 Å². The van der Waals surface area contributed by atoms with Crippen LogP contribution in [0.5, 0.6) is 0 Å². The Labute approximate surface area is 125 Å². The van der Waals surface area contributed by atoms with Crippen molar-refractivity contribution in [3.05, 3.63) is 18.1 Å². The number of hydrogen-bond acceptors (Lipinski definition) is 5. The summed E-state index contributed by atoms with van der Waals surface area (Å²) in [6, 6.07) is 0.928. The number of ether oxygens (including phenoxy) is 1. The van der Waals surface area contributed by atoms with Crippen molar-refractivity contribution >= 4 is 11.7 Å². The van der Waals surface area contributed by atoms with Crippen LogP contribution >= 0.6 is 0 Å². The topological polar surface area (TPSA) is 58.6 Å². The SMILES string of the molecule is CCOCC(=O)N1CCN(c2cc(C(F)(F)F)ncn2)CC1. The maximum atomic E-state index is 12.6. The van der Waals surface area contributed by atoms with Crippen LogP contribution in [0.25, 0.3) is 0 Å². The molecule has 0 N–H and O–H groups in total. The van der Waals surface area contributed by atoms with E-state index in [0.29, 0.717) is 32.8 Å². The Bertz CT molecular complexity index is 516. The van der Waals surface area contributed by atoms with Crippen molar-refractivity contribution < 1.29 is 22.7 Å². The highest BCUT2D eigenvalue weighted by molar-refractivity contribution is 5.77. The maximum Gasteiger partial charge on any atom is 0.433 e. The third-order valence-corrected chi connectivity index (χ3v) is 3.33. The van der Waals surface area contributed by atoms with Crippen molar-refractivity contribution in [2.45, 2.75) is 13.1 Å². The zero-order valence-electron chi connectivity index (χ0n) is 12.1. The second kappa shape index (κ2) is 6.91. The molecule has 1 fully saturated rings. The molecule has 6 nitrogen and oxygen atoms in total. The smallest absolute Gasteiger partial charge is 0.372 e. The average molecular weight is 318 g/mol. The van der Waals surface area contributed by atoms with E-state index in [4.69, 9.17) is 4.74 Å². The van der Waals surface area contributed by atoms with Gasteiger partial charge in [0.2, 0.25) is 5.91 Å². The lowest BCUT2D eigenvalue weighted by atomic mass is 10.3. The summed E-state index contributed by atoms with van der Waals surface area (Å²) in [4.78, 5) is 22.3. The highest BCUT2D eigenvalue weighted by Gasteiger charge is 2.33. The van der Waals surface area contributed by atoms with Crippen molar-refractivity contribution in [3.8, 4) is 0 Å². The summed E-state index contributed by atoms with van der Waals surface area (Å²) in [5, 5.41) is 0. The lowest BCUT2D eigenvalue weighted by molar-refractivity contribution is -0.141. The van der Waals surface area contributed by atoms with Gasteiger partial charge in [-0.1, -0.05) is 0 Å². The summed E-state index contributed by atoms with van der Waals surface area (Å²) in [6.07, 6.45) is -3.59. The van der Waals surface area contributed by atoms with Crippen LogP contribution in [0.3, 0.4) is 0 Å². The third kappa shape index (κ3) is 4.06. The van der Waals surface area contributed by atoms with Gasteiger partial charge in [-0.05, 0) is 6.92 Å². The van der Waals surface area contributed by atoms with Gasteiger partial charge >= 0.3 is 6.18 Å². The van der Waals surface area contributed by atoms with Crippen LogP contribution in [-0.2, 0) is 15.7 Å². The van der Waals surface area contributed by atoms with Crippen molar-refractivity contribution in [3.63, 3.8) is 0 Å². The van der Waals surface area contributed by atoms with Crippen molar-refractivity contribution in [2.24, 2.45) is 0 Å². The largest absolute Gasteiger partial charge is 0.433 e. The Kier molecular flexibility index (Phi) is 5.17. The highest BCUT2D eigenvalue weighted by atomic mass is 19.4. The molecule has 1 saturated heterocycles. The van der Waals surface area contributed by atoms with E-state index in [2.05, 4.69) is 9.97 Å². The third-order valence-electron chi connectivity index (χ3n) is 3.33. The molecule has 0 aliphatic carbocycles. The van der Waals surface area contributed by atoms with Gasteiger partial charge in [-0.2, -0.15) is 13.2 Å². The average Bonchev–Trinajstić information content (AvgIpc) is 2.52. The van der Waals surface area contributed by atoms with Crippen LogP contribution in [-0.4, -0.2) is 60.2 Å². The summed E-state index contributed by atoms with van der Waals surface area (Å²) in [7, 11) is 0. The molecule has 0 unspecified atom stereocenters. The summed E-state index contributed by atoms with van der Waals surface area (Å²) in [5.74, 6) is 0.111. The number of piperazine rings is 1. The molecule has 1 aliphatic heterocycles. The predicted molar refractivity (Wildman–Crippen MR) is 72.3 cm³/mol. The molecule has 1 aliphatic rings. The van der Waals surface area contributed by atoms with E-state index in [9.17, 15) is 18.0 Å². The number of rotatable bonds is 4. The predicted octanol–water partition coefficient (Wildman–Crippen LogP) is 1.18. The molecule has 2 rings (SSSR count). The number of amides is 1. The van der Waals surface area contributed by atoms with Gasteiger partial charge in [0.1, 0.15) is 24.4 Å². The standard InChI is InChI=1S/C13H17F3N4O2/c1-2-22-8-12(21)20-5-3-19(4-6-20)11-7-10(13(14,15)16)17-9-18-11/h7,9H,2-6,8H2,1H3. The molecule has 9 heteroatoms. The quantitative estimate of drug-likeness (QED) is 0.834. The Morgan fingerprint density at radius 3 is 2.55 bits per heavy atom. The minimum Gasteiger partial charge on any atom is -0.372 e. The van der Waals surface area contributed by atoms with E-state index in [0.717, 1.165) is 12.4 Å². The number of halogens is 3. The maximum absolute atomic E-state index is 12.6. The first-order valence-electron chi connectivity index (χ1n) is 6.91. The van der Waals surface area contributed by atoms with Gasteiger partial charge in [0.25, 0.3) is 0 Å². The fourth-order valence-corrected chi connectivity index (χ4v) is 2.14. The van der Waals surface area contributed by atoms with Crippen LogP contribution in [0, 0.1) is 0 Å². The number of carbonyl (C=O) groups excluding carboxylic acids is 1. The van der Waals surface area contributed by atoms with E-state index in [-0.39, 0.29) is 18.3 Å². The summed E-state index contributed by atoms with van der Waals surface area (Å²) in [5.41, 5.74) is -0.965. The normalized spacial score (nSPS) is 16.0. The van der Waals surface area contributed by atoms with Gasteiger partial charge in [0.15, 0.2) is 0 Å². The molecule has 122 valence electrons. The zero-order valence-corrected chi connectivity index (χ0v) is 12.1. The summed E-state index contributed by atoms with van der Waals surface area (Å²) in [6.45, 7) is 4.00. The van der Waals surface area contributed by atoms with E-state index >= 15 is 0 Å². The molecular weight excluding hydrogens is 301 g/mol. The minimum absolute atomic E-state index is 0.0300. The summed E-state index contributed by atoms with van der Waals surface area (Å²) < 4.78 is 43.0. The number of carbonyl (C=O) groups is 1. The lowest BCUT2D eigenvalue weighted by Gasteiger charge is -2.35. The van der Waals surface area contributed by atoms with Gasteiger partial charge in [-0.3, -0.25) is 4.79 Å². The molecule has 1 aromatic heterocycles. The first-order valence-corrected chi connectivity index (χ1v) is 6.91. The monoisotopic (exact) mass is 318 g/mol. The number of hydrogen-bond donors (Lipinski definition) is 0. The van der Waals surface area contributed by atoms with Crippen LogP contribution in [0.2, 0.25) is 0 Å². The molecule has 22 heavy (non-hydrogen) atoms. The Morgan fingerprint density at radius 2 is 1.95 bits per heavy atom. The number of nitrogens with zero attached hydrogens (tertiary/aromatic N) is 4. The molecule has 1 amide bonds. The fourth-order valence-electron chi connectivity index (χ4n) is 2.14. The lowest BCUT2D eigenvalue weighted by Crippen LogP contribution is -2.50. The van der Waals surface area contributed by atoms with Crippen LogP contribution in [0.4, 0.5) is 19.0 Å². The second-order valence-corrected chi connectivity index (χ2v) is 4.76. The van der Waals surface area contributed by atoms with Crippen LogP contribution < -0.4 is 4.90 Å². The molecule has 1 aromatic rings. The highest BCUT2D eigenvalue weighted by Crippen LogP contribution is 2.29. The van der Waals surface area contributed by atoms with Crippen molar-refractivity contribution in [1.29, 1.82) is 0 Å². The van der Waals surface area contributed by atoms with Gasteiger partial charge < -0.3 is 14.5 Å². The molecule has 0 aromatic carbocycles. The van der Waals surface area contributed by atoms with E-state index in [1.807, 2.05) is 0 Å². The van der Waals surface area contributed by atoms with E-state index < -0.39 is 11.9 Å². The number of anilines is 1. The number of aromatic nitrogens is 2. The molecular formula is C13H17F3N4O2. The number of alkyl halides is 3. The van der Waals surface area contributed by atoms with Crippen LogP contribution in [0.15, 0.2) is 12.4 Å².